The van der Waals surface area contributed by atoms with E-state index >= 15 is 0 Å². The Balaban J connectivity index is 1.46. The highest BCUT2D eigenvalue weighted by Crippen LogP contribution is 2.29. The lowest BCUT2D eigenvalue weighted by Crippen LogP contribution is -2.55. The van der Waals surface area contributed by atoms with E-state index in [1.807, 2.05) is 0 Å². The van der Waals surface area contributed by atoms with Crippen molar-refractivity contribution in [2.24, 2.45) is 0 Å². The third kappa shape index (κ3) is 6.58. The van der Waals surface area contributed by atoms with Crippen molar-refractivity contribution in [3.63, 3.8) is 0 Å². The summed E-state index contributed by atoms with van der Waals surface area (Å²) in [7, 11) is 3.15. The minimum atomic E-state index is -0.269. The summed E-state index contributed by atoms with van der Waals surface area (Å²) in [4.78, 5) is 19.5. The molecule has 9 nitrogen and oxygen atoms in total. The number of benzene rings is 1. The molecule has 2 atom stereocenters. The fourth-order valence-electron chi connectivity index (χ4n) is 4.06. The maximum absolute atomic E-state index is 12.9. The molecule has 0 spiro atoms. The highest BCUT2D eigenvalue weighted by molar-refractivity contribution is 6.33. The second kappa shape index (κ2) is 12.5. The minimum Gasteiger partial charge on any atom is -0.496 e. The first kappa shape index (κ1) is 25.7. The van der Waals surface area contributed by atoms with Gasteiger partial charge in [0.15, 0.2) is 0 Å². The summed E-state index contributed by atoms with van der Waals surface area (Å²) >= 11 is 6.11. The molecule has 1 fully saturated rings. The summed E-state index contributed by atoms with van der Waals surface area (Å²) in [6.45, 7) is 3.86. The zero-order valence-corrected chi connectivity index (χ0v) is 20.3. The topological polar surface area (TPSA) is 126 Å². The molecule has 182 valence electrons. The van der Waals surface area contributed by atoms with Crippen LogP contribution in [0.1, 0.15) is 34.5 Å². The largest absolute Gasteiger partial charge is 0.496 e. The number of carbonyl (C=O) groups is 1. The van der Waals surface area contributed by atoms with Crippen LogP contribution in [-0.4, -0.2) is 68.3 Å². The molecule has 2 aromatic rings. The zero-order chi connectivity index (χ0) is 24.5. The maximum atomic E-state index is 12.9. The van der Waals surface area contributed by atoms with Gasteiger partial charge in [0.1, 0.15) is 11.8 Å². The molecule has 0 saturated carbocycles. The number of nitrogens with one attached hydrogen (secondary N) is 2. The summed E-state index contributed by atoms with van der Waals surface area (Å²) in [6.07, 6.45) is 3.28. The standard InChI is InChI=1S/C24H31ClN6O3/c1-33-22-12-19(27)18(25)11-17(22)24(32)30-20-6-10-31(15-23(20)34-2)9-4-7-28-14-21-16(13-26)5-3-8-29-21/h3,5,8,11-12,20,23,28H,4,6-7,9-10,14-15,27H2,1-2H3,(H,30,32)/t20-,23+/m0/s1. The predicted molar refractivity (Wildman–Crippen MR) is 131 cm³/mol. The van der Waals surface area contributed by atoms with Gasteiger partial charge in [-0.15, -0.1) is 0 Å². The molecule has 0 aliphatic carbocycles. The van der Waals surface area contributed by atoms with E-state index in [0.29, 0.717) is 34.1 Å². The highest BCUT2D eigenvalue weighted by atomic mass is 35.5. The van der Waals surface area contributed by atoms with E-state index in [0.717, 1.165) is 44.7 Å². The molecule has 10 heteroatoms. The van der Waals surface area contributed by atoms with Gasteiger partial charge in [-0.25, -0.2) is 0 Å². The summed E-state index contributed by atoms with van der Waals surface area (Å²) in [5.41, 5.74) is 7.89. The van der Waals surface area contributed by atoms with Crippen molar-refractivity contribution in [2.75, 3.05) is 46.1 Å². The molecule has 0 radical (unpaired) electrons. The zero-order valence-electron chi connectivity index (χ0n) is 19.5. The average molecular weight is 487 g/mol. The van der Waals surface area contributed by atoms with Crippen LogP contribution in [0.25, 0.3) is 0 Å². The van der Waals surface area contributed by atoms with Crippen LogP contribution in [0.5, 0.6) is 5.75 Å². The van der Waals surface area contributed by atoms with Gasteiger partial charge in [-0.2, -0.15) is 5.26 Å². The van der Waals surface area contributed by atoms with Crippen molar-refractivity contribution in [3.8, 4) is 11.8 Å². The molecule has 34 heavy (non-hydrogen) atoms. The first-order chi connectivity index (χ1) is 16.5. The fraction of sp³-hybridized carbons (Fsp3) is 0.458. The number of methoxy groups -OCH3 is 2. The maximum Gasteiger partial charge on any atom is 0.255 e. The van der Waals surface area contributed by atoms with Crippen molar-refractivity contribution in [2.45, 2.75) is 31.5 Å². The number of hydrogen-bond donors (Lipinski definition) is 3. The van der Waals surface area contributed by atoms with Crippen molar-refractivity contribution in [3.05, 3.63) is 52.3 Å². The van der Waals surface area contributed by atoms with E-state index in [9.17, 15) is 4.79 Å². The Hall–Kier alpha value is -2.90. The van der Waals surface area contributed by atoms with Gasteiger partial charge < -0.3 is 30.7 Å². The SMILES string of the molecule is COc1cc(N)c(Cl)cc1C(=O)N[C@H]1CCN(CCCNCc2ncccc2C#N)C[C@H]1OC. The molecule has 1 amide bonds. The molecule has 1 aromatic carbocycles. The van der Waals surface area contributed by atoms with Gasteiger partial charge in [-0.05, 0) is 44.1 Å². The fourth-order valence-corrected chi connectivity index (χ4v) is 4.23. The van der Waals surface area contributed by atoms with Crippen LogP contribution in [0.2, 0.25) is 5.02 Å². The Morgan fingerprint density at radius 3 is 2.97 bits per heavy atom. The highest BCUT2D eigenvalue weighted by Gasteiger charge is 2.31. The molecule has 1 aliphatic heterocycles. The number of ether oxygens (including phenoxy) is 2. The number of likely N-dealkylation sites (tertiary alicyclic amines) is 1. The second-order valence-electron chi connectivity index (χ2n) is 8.16. The lowest BCUT2D eigenvalue weighted by molar-refractivity contribution is 0.00616. The number of halogens is 1. The molecular formula is C24H31ClN6O3. The third-order valence-corrected chi connectivity index (χ3v) is 6.28. The number of nitriles is 1. The first-order valence-corrected chi connectivity index (χ1v) is 11.6. The van der Waals surface area contributed by atoms with Crippen LogP contribution in [0.3, 0.4) is 0 Å². The molecule has 0 bridgehead atoms. The summed E-state index contributed by atoms with van der Waals surface area (Å²) in [6, 6.07) is 8.66. The second-order valence-corrected chi connectivity index (χ2v) is 8.56. The molecular weight excluding hydrogens is 456 g/mol. The Kier molecular flexibility index (Phi) is 9.48. The number of piperidine rings is 1. The summed E-state index contributed by atoms with van der Waals surface area (Å²) < 4.78 is 11.0. The van der Waals surface area contributed by atoms with Gasteiger partial charge in [0.25, 0.3) is 5.91 Å². The molecule has 1 saturated heterocycles. The average Bonchev–Trinajstić information content (AvgIpc) is 2.86. The number of nitrogen functional groups attached to an aromatic ring is 1. The molecule has 4 N–H and O–H groups in total. The van der Waals surface area contributed by atoms with Gasteiger partial charge in [-0.1, -0.05) is 11.6 Å². The number of aromatic nitrogens is 1. The molecule has 3 rings (SSSR count). The molecule has 1 aliphatic rings. The Bertz CT molecular complexity index is 1030. The van der Waals surface area contributed by atoms with Crippen LogP contribution < -0.4 is 21.1 Å². The smallest absolute Gasteiger partial charge is 0.255 e. The first-order valence-electron chi connectivity index (χ1n) is 11.2. The Labute approximate surface area is 205 Å². The van der Waals surface area contributed by atoms with E-state index in [-0.39, 0.29) is 18.1 Å². The van der Waals surface area contributed by atoms with Gasteiger partial charge in [0.05, 0.1) is 46.8 Å². The van der Waals surface area contributed by atoms with Crippen LogP contribution >= 0.6 is 11.6 Å². The predicted octanol–water partition coefficient (Wildman–Crippen LogP) is 2.20. The third-order valence-electron chi connectivity index (χ3n) is 5.96. The number of nitrogens with zero attached hydrogens (tertiary/aromatic N) is 3. The lowest BCUT2D eigenvalue weighted by Gasteiger charge is -2.38. The van der Waals surface area contributed by atoms with Gasteiger partial charge in [0.2, 0.25) is 0 Å². The van der Waals surface area contributed by atoms with E-state index in [4.69, 9.17) is 32.1 Å². The Morgan fingerprint density at radius 1 is 1.41 bits per heavy atom. The molecule has 0 unspecified atom stereocenters. The van der Waals surface area contributed by atoms with Gasteiger partial charge >= 0.3 is 0 Å². The van der Waals surface area contributed by atoms with Crippen molar-refractivity contribution in [1.29, 1.82) is 5.26 Å². The van der Waals surface area contributed by atoms with Crippen LogP contribution in [0.15, 0.2) is 30.5 Å². The number of pyridine rings is 1. The van der Waals surface area contributed by atoms with Crippen LogP contribution in [-0.2, 0) is 11.3 Å². The van der Waals surface area contributed by atoms with Crippen molar-refractivity contribution >= 4 is 23.2 Å². The van der Waals surface area contributed by atoms with Crippen molar-refractivity contribution in [1.82, 2.24) is 20.5 Å². The Morgan fingerprint density at radius 2 is 2.24 bits per heavy atom. The van der Waals surface area contributed by atoms with E-state index in [1.54, 1.807) is 31.5 Å². The van der Waals surface area contributed by atoms with E-state index in [1.165, 1.54) is 13.2 Å². The van der Waals surface area contributed by atoms with Crippen LogP contribution in [0.4, 0.5) is 5.69 Å². The number of carbonyl (C=O) groups excluding carboxylic acids is 1. The van der Waals surface area contributed by atoms with E-state index < -0.39 is 0 Å². The number of nitrogens with two attached hydrogens (primary N) is 1. The number of amides is 1. The summed E-state index contributed by atoms with van der Waals surface area (Å²) in [5, 5.41) is 15.9. The summed E-state index contributed by atoms with van der Waals surface area (Å²) in [5.74, 6) is 0.112. The molecule has 1 aromatic heterocycles. The number of anilines is 1. The van der Waals surface area contributed by atoms with Crippen LogP contribution in [0, 0.1) is 11.3 Å². The number of rotatable bonds is 10. The monoisotopic (exact) mass is 486 g/mol. The normalized spacial score (nSPS) is 18.3. The minimum absolute atomic E-state index is 0.124. The van der Waals surface area contributed by atoms with E-state index in [2.05, 4.69) is 26.6 Å². The van der Waals surface area contributed by atoms with Gasteiger partial charge in [0, 0.05) is 39.0 Å². The lowest BCUT2D eigenvalue weighted by atomic mass is 10.0. The van der Waals surface area contributed by atoms with Gasteiger partial charge in [-0.3, -0.25) is 9.78 Å². The quantitative estimate of drug-likeness (QED) is 0.344. The number of hydrogen-bond acceptors (Lipinski definition) is 8. The van der Waals surface area contributed by atoms with Crippen molar-refractivity contribution < 1.29 is 14.3 Å². The molecule has 2 heterocycles.